The number of rotatable bonds is 3. The number of hydrogen-bond acceptors (Lipinski definition) is 3. The van der Waals surface area contributed by atoms with E-state index in [2.05, 4.69) is 20.9 Å². The van der Waals surface area contributed by atoms with Crippen molar-refractivity contribution in [3.8, 4) is 5.75 Å². The van der Waals surface area contributed by atoms with Crippen LogP contribution >= 0.6 is 39.9 Å². The summed E-state index contributed by atoms with van der Waals surface area (Å²) in [7, 11) is 1.65. The number of hydrogen-bond donors (Lipinski definition) is 1. The fraction of sp³-hybridized carbons (Fsp3) is 0.462. The molecular formula is C13H19BrIN3O2. The number of methoxy groups -OCH3 is 1. The summed E-state index contributed by atoms with van der Waals surface area (Å²) in [6.07, 6.45) is 0. The minimum absolute atomic E-state index is 0. The van der Waals surface area contributed by atoms with E-state index >= 15 is 0 Å². The summed E-state index contributed by atoms with van der Waals surface area (Å²) in [5.41, 5.74) is 7.00. The third kappa shape index (κ3) is 4.78. The van der Waals surface area contributed by atoms with Gasteiger partial charge in [0.25, 0.3) is 0 Å². The molecule has 2 rings (SSSR count). The lowest BCUT2D eigenvalue weighted by molar-refractivity contribution is 0.0674. The van der Waals surface area contributed by atoms with E-state index in [4.69, 9.17) is 15.2 Å². The molecule has 1 aliphatic heterocycles. The molecule has 2 N–H and O–H groups in total. The summed E-state index contributed by atoms with van der Waals surface area (Å²) in [5.74, 6) is 1.38. The van der Waals surface area contributed by atoms with Crippen LogP contribution < -0.4 is 10.5 Å². The van der Waals surface area contributed by atoms with Gasteiger partial charge >= 0.3 is 0 Å². The second-order valence-corrected chi connectivity index (χ2v) is 5.15. The van der Waals surface area contributed by atoms with Crippen molar-refractivity contribution in [1.29, 1.82) is 0 Å². The molecule has 5 nitrogen and oxygen atoms in total. The molecule has 1 aliphatic rings. The number of ether oxygens (including phenoxy) is 2. The number of guanidine groups is 1. The SMILES string of the molecule is COc1cc(Br)ccc1CN=C(N)N1CCOCC1.I. The van der Waals surface area contributed by atoms with E-state index < -0.39 is 0 Å². The Hall–Kier alpha value is -0.540. The molecule has 0 spiro atoms. The third-order valence-electron chi connectivity index (χ3n) is 3.00. The fourth-order valence-corrected chi connectivity index (χ4v) is 2.25. The maximum Gasteiger partial charge on any atom is 0.191 e. The van der Waals surface area contributed by atoms with E-state index in [1.807, 2.05) is 23.1 Å². The highest BCUT2D eigenvalue weighted by atomic mass is 127. The molecule has 1 aromatic carbocycles. The third-order valence-corrected chi connectivity index (χ3v) is 3.49. The number of morpholine rings is 1. The number of halogens is 2. The lowest BCUT2D eigenvalue weighted by Crippen LogP contribution is -2.44. The van der Waals surface area contributed by atoms with Crippen molar-refractivity contribution in [1.82, 2.24) is 4.90 Å². The summed E-state index contributed by atoms with van der Waals surface area (Å²) in [6.45, 7) is 3.52. The maximum atomic E-state index is 5.99. The molecule has 1 fully saturated rings. The van der Waals surface area contributed by atoms with Gasteiger partial charge in [0.1, 0.15) is 5.75 Å². The number of aliphatic imine (C=N–C) groups is 1. The normalized spacial score (nSPS) is 15.7. The Morgan fingerprint density at radius 2 is 2.15 bits per heavy atom. The highest BCUT2D eigenvalue weighted by Crippen LogP contribution is 2.24. The second-order valence-electron chi connectivity index (χ2n) is 4.23. The number of benzene rings is 1. The van der Waals surface area contributed by atoms with Crippen LogP contribution in [0.15, 0.2) is 27.7 Å². The van der Waals surface area contributed by atoms with Gasteiger partial charge in [-0.25, -0.2) is 4.99 Å². The summed E-state index contributed by atoms with van der Waals surface area (Å²) in [5, 5.41) is 0. The highest BCUT2D eigenvalue weighted by molar-refractivity contribution is 14.0. The van der Waals surface area contributed by atoms with Gasteiger partial charge in [-0.2, -0.15) is 0 Å². The maximum absolute atomic E-state index is 5.99. The Balaban J connectivity index is 0.00000200. The summed E-state index contributed by atoms with van der Waals surface area (Å²) < 4.78 is 11.6. The first-order chi connectivity index (χ1) is 9.20. The van der Waals surface area contributed by atoms with E-state index in [1.54, 1.807) is 7.11 Å². The molecule has 112 valence electrons. The van der Waals surface area contributed by atoms with Crippen LogP contribution in [0.1, 0.15) is 5.56 Å². The van der Waals surface area contributed by atoms with Crippen molar-refractivity contribution in [3.63, 3.8) is 0 Å². The van der Waals surface area contributed by atoms with E-state index in [1.165, 1.54) is 0 Å². The average Bonchev–Trinajstić information content (AvgIpc) is 2.46. The first kappa shape index (κ1) is 17.5. The average molecular weight is 456 g/mol. The topological polar surface area (TPSA) is 60.1 Å². The molecule has 0 radical (unpaired) electrons. The molecule has 0 atom stereocenters. The predicted molar refractivity (Wildman–Crippen MR) is 93.8 cm³/mol. The molecule has 20 heavy (non-hydrogen) atoms. The molecule has 0 unspecified atom stereocenters. The van der Waals surface area contributed by atoms with Gasteiger partial charge in [-0.1, -0.05) is 22.0 Å². The fourth-order valence-electron chi connectivity index (χ4n) is 1.91. The second kappa shape index (κ2) is 8.68. The van der Waals surface area contributed by atoms with Gasteiger partial charge in [0, 0.05) is 23.1 Å². The minimum Gasteiger partial charge on any atom is -0.496 e. The van der Waals surface area contributed by atoms with Crippen molar-refractivity contribution in [2.75, 3.05) is 33.4 Å². The zero-order valence-electron chi connectivity index (χ0n) is 11.3. The molecule has 7 heteroatoms. The Bertz CT molecular complexity index is 465. The van der Waals surface area contributed by atoms with Gasteiger partial charge in [-0.05, 0) is 12.1 Å². The molecule has 0 aliphatic carbocycles. The van der Waals surface area contributed by atoms with Crippen LogP contribution in [-0.4, -0.2) is 44.3 Å². The Labute approximate surface area is 144 Å². The van der Waals surface area contributed by atoms with Crippen molar-refractivity contribution in [2.24, 2.45) is 10.7 Å². The van der Waals surface area contributed by atoms with Gasteiger partial charge in [-0.15, -0.1) is 24.0 Å². The molecule has 0 aromatic heterocycles. The minimum atomic E-state index is 0. The van der Waals surface area contributed by atoms with Crippen molar-refractivity contribution >= 4 is 45.9 Å². The number of nitrogens with two attached hydrogens (primary N) is 1. The first-order valence-corrected chi connectivity index (χ1v) is 6.95. The van der Waals surface area contributed by atoms with Gasteiger partial charge < -0.3 is 20.1 Å². The Morgan fingerprint density at radius 1 is 1.45 bits per heavy atom. The quantitative estimate of drug-likeness (QED) is 0.431. The molecule has 1 aromatic rings. The van der Waals surface area contributed by atoms with Crippen molar-refractivity contribution < 1.29 is 9.47 Å². The van der Waals surface area contributed by atoms with Crippen LogP contribution in [0.5, 0.6) is 5.75 Å². The van der Waals surface area contributed by atoms with Crippen LogP contribution in [0.2, 0.25) is 0 Å². The smallest absolute Gasteiger partial charge is 0.191 e. The molecular weight excluding hydrogens is 437 g/mol. The zero-order chi connectivity index (χ0) is 13.7. The molecule has 0 bridgehead atoms. The summed E-state index contributed by atoms with van der Waals surface area (Å²) in [4.78, 5) is 6.46. The van der Waals surface area contributed by atoms with E-state index in [-0.39, 0.29) is 24.0 Å². The molecule has 1 saturated heterocycles. The molecule has 0 saturated carbocycles. The van der Waals surface area contributed by atoms with Gasteiger partial charge in [0.05, 0.1) is 26.9 Å². The first-order valence-electron chi connectivity index (χ1n) is 6.15. The van der Waals surface area contributed by atoms with Crippen LogP contribution in [-0.2, 0) is 11.3 Å². The predicted octanol–water partition coefficient (Wildman–Crippen LogP) is 2.22. The van der Waals surface area contributed by atoms with Crippen LogP contribution in [0.25, 0.3) is 0 Å². The summed E-state index contributed by atoms with van der Waals surface area (Å²) >= 11 is 3.42. The van der Waals surface area contributed by atoms with E-state index in [0.717, 1.165) is 28.9 Å². The molecule has 0 amide bonds. The largest absolute Gasteiger partial charge is 0.496 e. The number of nitrogens with zero attached hydrogens (tertiary/aromatic N) is 2. The summed E-state index contributed by atoms with van der Waals surface area (Å²) in [6, 6.07) is 5.88. The van der Waals surface area contributed by atoms with Crippen molar-refractivity contribution in [3.05, 3.63) is 28.2 Å². The van der Waals surface area contributed by atoms with Crippen LogP contribution in [0.4, 0.5) is 0 Å². The highest BCUT2D eigenvalue weighted by Gasteiger charge is 2.12. The lowest BCUT2D eigenvalue weighted by atomic mass is 10.2. The zero-order valence-corrected chi connectivity index (χ0v) is 15.3. The van der Waals surface area contributed by atoms with Gasteiger partial charge in [0.15, 0.2) is 5.96 Å². The van der Waals surface area contributed by atoms with Crippen LogP contribution in [0.3, 0.4) is 0 Å². The van der Waals surface area contributed by atoms with Crippen LogP contribution in [0, 0.1) is 0 Å². The Morgan fingerprint density at radius 3 is 2.80 bits per heavy atom. The monoisotopic (exact) mass is 455 g/mol. The lowest BCUT2D eigenvalue weighted by Gasteiger charge is -2.27. The van der Waals surface area contributed by atoms with E-state index in [9.17, 15) is 0 Å². The Kier molecular flexibility index (Phi) is 7.60. The van der Waals surface area contributed by atoms with Gasteiger partial charge in [0.2, 0.25) is 0 Å². The van der Waals surface area contributed by atoms with Gasteiger partial charge in [-0.3, -0.25) is 0 Å². The standard InChI is InChI=1S/C13H18BrN3O2.HI/c1-18-12-8-11(14)3-2-10(12)9-16-13(15)17-4-6-19-7-5-17;/h2-3,8H,4-7,9H2,1H3,(H2,15,16);1H. The molecule has 1 heterocycles. The van der Waals surface area contributed by atoms with Crippen molar-refractivity contribution in [2.45, 2.75) is 6.54 Å². The van der Waals surface area contributed by atoms with E-state index in [0.29, 0.717) is 25.7 Å².